The first-order valence-electron chi connectivity index (χ1n) is 8.17. The third kappa shape index (κ3) is 3.71. The van der Waals surface area contributed by atoms with Crippen molar-refractivity contribution in [3.63, 3.8) is 0 Å². The molecule has 1 saturated heterocycles. The molecule has 112 valence electrons. The van der Waals surface area contributed by atoms with Crippen molar-refractivity contribution < 1.29 is 4.74 Å². The lowest BCUT2D eigenvalue weighted by Crippen LogP contribution is -2.60. The zero-order valence-corrected chi connectivity index (χ0v) is 13.2. The van der Waals surface area contributed by atoms with E-state index in [0.29, 0.717) is 18.2 Å². The summed E-state index contributed by atoms with van der Waals surface area (Å²) in [5.74, 6) is 0.733. The van der Waals surface area contributed by atoms with Crippen LogP contribution in [0.2, 0.25) is 0 Å². The molecule has 2 fully saturated rings. The van der Waals surface area contributed by atoms with Crippen LogP contribution >= 0.6 is 0 Å². The molecule has 1 N–H and O–H groups in total. The SMILES string of the molecule is CCCC1CN(C2CCC(OC)C2)C(C(C)C)CN1. The fraction of sp³-hybridized carbons (Fsp3) is 1.00. The standard InChI is InChI=1S/C16H32N2O/c1-5-6-13-11-18(16(10-17-13)12(2)3)14-7-8-15(9-14)19-4/h12-17H,5-11H2,1-4H3. The van der Waals surface area contributed by atoms with Crippen LogP contribution in [0.15, 0.2) is 0 Å². The molecule has 0 aromatic heterocycles. The Hall–Kier alpha value is -0.120. The van der Waals surface area contributed by atoms with Crippen LogP contribution in [0.3, 0.4) is 0 Å². The van der Waals surface area contributed by atoms with Gasteiger partial charge in [0, 0.05) is 38.3 Å². The van der Waals surface area contributed by atoms with Crippen molar-refractivity contribution in [1.29, 1.82) is 0 Å². The molecule has 0 spiro atoms. The van der Waals surface area contributed by atoms with Gasteiger partial charge in [0.1, 0.15) is 0 Å². The molecule has 0 radical (unpaired) electrons. The Morgan fingerprint density at radius 3 is 2.68 bits per heavy atom. The molecule has 1 saturated carbocycles. The number of methoxy groups -OCH3 is 1. The smallest absolute Gasteiger partial charge is 0.0586 e. The van der Waals surface area contributed by atoms with Crippen molar-refractivity contribution in [3.05, 3.63) is 0 Å². The lowest BCUT2D eigenvalue weighted by Gasteiger charge is -2.45. The van der Waals surface area contributed by atoms with Gasteiger partial charge in [0.15, 0.2) is 0 Å². The van der Waals surface area contributed by atoms with Crippen LogP contribution in [-0.2, 0) is 4.74 Å². The van der Waals surface area contributed by atoms with Crippen LogP contribution in [-0.4, -0.2) is 49.3 Å². The Labute approximate surface area is 119 Å². The molecule has 0 amide bonds. The zero-order valence-electron chi connectivity index (χ0n) is 13.2. The fourth-order valence-electron chi connectivity index (χ4n) is 3.87. The summed E-state index contributed by atoms with van der Waals surface area (Å²) in [6, 6.07) is 2.15. The second kappa shape index (κ2) is 7.05. The average Bonchev–Trinajstić information content (AvgIpc) is 2.87. The van der Waals surface area contributed by atoms with E-state index in [1.54, 1.807) is 0 Å². The van der Waals surface area contributed by atoms with E-state index < -0.39 is 0 Å². The molecule has 19 heavy (non-hydrogen) atoms. The summed E-state index contributed by atoms with van der Waals surface area (Å²) in [5.41, 5.74) is 0. The second-order valence-electron chi connectivity index (χ2n) is 6.73. The summed E-state index contributed by atoms with van der Waals surface area (Å²) in [7, 11) is 1.87. The summed E-state index contributed by atoms with van der Waals surface area (Å²) >= 11 is 0. The van der Waals surface area contributed by atoms with Crippen molar-refractivity contribution in [2.24, 2.45) is 5.92 Å². The molecular formula is C16H32N2O. The topological polar surface area (TPSA) is 24.5 Å². The maximum atomic E-state index is 5.56. The van der Waals surface area contributed by atoms with E-state index in [-0.39, 0.29) is 0 Å². The number of rotatable bonds is 5. The first-order valence-corrected chi connectivity index (χ1v) is 8.17. The van der Waals surface area contributed by atoms with Crippen LogP contribution in [0.25, 0.3) is 0 Å². The highest BCUT2D eigenvalue weighted by molar-refractivity contribution is 4.94. The monoisotopic (exact) mass is 268 g/mol. The molecule has 0 bridgehead atoms. The number of nitrogens with zero attached hydrogens (tertiary/aromatic N) is 1. The normalized spacial score (nSPS) is 37.1. The molecule has 3 heteroatoms. The summed E-state index contributed by atoms with van der Waals surface area (Å²) in [5, 5.41) is 3.76. The first kappa shape index (κ1) is 15.3. The molecule has 2 rings (SSSR count). The van der Waals surface area contributed by atoms with Crippen molar-refractivity contribution in [2.75, 3.05) is 20.2 Å². The Morgan fingerprint density at radius 2 is 2.11 bits per heavy atom. The first-order chi connectivity index (χ1) is 9.15. The average molecular weight is 268 g/mol. The summed E-state index contributed by atoms with van der Waals surface area (Å²) < 4.78 is 5.56. The maximum Gasteiger partial charge on any atom is 0.0586 e. The van der Waals surface area contributed by atoms with Crippen LogP contribution in [0, 0.1) is 5.92 Å². The number of hydrogen-bond donors (Lipinski definition) is 1. The van der Waals surface area contributed by atoms with Crippen LogP contribution in [0.5, 0.6) is 0 Å². The van der Waals surface area contributed by atoms with E-state index >= 15 is 0 Å². The van der Waals surface area contributed by atoms with Gasteiger partial charge in [0.25, 0.3) is 0 Å². The number of nitrogens with one attached hydrogen (secondary N) is 1. The molecule has 0 aromatic rings. The van der Waals surface area contributed by atoms with Gasteiger partial charge in [-0.05, 0) is 31.6 Å². The largest absolute Gasteiger partial charge is 0.381 e. The van der Waals surface area contributed by atoms with Gasteiger partial charge < -0.3 is 10.1 Å². The van der Waals surface area contributed by atoms with E-state index in [4.69, 9.17) is 4.74 Å². The van der Waals surface area contributed by atoms with Crippen LogP contribution < -0.4 is 5.32 Å². The van der Waals surface area contributed by atoms with Crippen LogP contribution in [0.1, 0.15) is 52.9 Å². The third-order valence-electron chi connectivity index (χ3n) is 5.04. The van der Waals surface area contributed by atoms with Crippen molar-refractivity contribution in [2.45, 2.75) is 77.1 Å². The van der Waals surface area contributed by atoms with Gasteiger partial charge >= 0.3 is 0 Å². The molecule has 0 aromatic carbocycles. The number of piperazine rings is 1. The van der Waals surface area contributed by atoms with Gasteiger partial charge in [-0.15, -0.1) is 0 Å². The predicted octanol–water partition coefficient (Wildman–Crippen LogP) is 2.65. The quantitative estimate of drug-likeness (QED) is 0.829. The molecule has 1 aliphatic heterocycles. The number of hydrogen-bond acceptors (Lipinski definition) is 3. The lowest BCUT2D eigenvalue weighted by atomic mass is 9.94. The molecule has 4 atom stereocenters. The van der Waals surface area contributed by atoms with Gasteiger partial charge in [-0.3, -0.25) is 4.90 Å². The number of ether oxygens (including phenoxy) is 1. The van der Waals surface area contributed by atoms with Crippen LogP contribution in [0.4, 0.5) is 0 Å². The van der Waals surface area contributed by atoms with Crippen molar-refractivity contribution >= 4 is 0 Å². The molecular weight excluding hydrogens is 236 g/mol. The van der Waals surface area contributed by atoms with Gasteiger partial charge in [-0.2, -0.15) is 0 Å². The third-order valence-corrected chi connectivity index (χ3v) is 5.04. The highest BCUT2D eigenvalue weighted by Gasteiger charge is 2.37. The van der Waals surface area contributed by atoms with Gasteiger partial charge in [-0.25, -0.2) is 0 Å². The zero-order chi connectivity index (χ0) is 13.8. The minimum atomic E-state index is 0.498. The fourth-order valence-corrected chi connectivity index (χ4v) is 3.87. The van der Waals surface area contributed by atoms with Gasteiger partial charge in [0.05, 0.1) is 6.10 Å². The highest BCUT2D eigenvalue weighted by Crippen LogP contribution is 2.30. The van der Waals surface area contributed by atoms with E-state index in [0.717, 1.165) is 18.5 Å². The summed E-state index contributed by atoms with van der Waals surface area (Å²) in [6.07, 6.45) is 6.88. The van der Waals surface area contributed by atoms with E-state index in [1.807, 2.05) is 7.11 Å². The Balaban J connectivity index is 1.99. The molecule has 4 unspecified atom stereocenters. The lowest BCUT2D eigenvalue weighted by molar-refractivity contribution is 0.0430. The Morgan fingerprint density at radius 1 is 1.32 bits per heavy atom. The molecule has 2 aliphatic rings. The maximum absolute atomic E-state index is 5.56. The van der Waals surface area contributed by atoms with E-state index in [9.17, 15) is 0 Å². The van der Waals surface area contributed by atoms with E-state index in [1.165, 1.54) is 38.6 Å². The van der Waals surface area contributed by atoms with Gasteiger partial charge in [0.2, 0.25) is 0 Å². The van der Waals surface area contributed by atoms with Crippen molar-refractivity contribution in [1.82, 2.24) is 10.2 Å². The Bertz CT molecular complexity index is 269. The predicted molar refractivity (Wildman–Crippen MR) is 80.5 cm³/mol. The highest BCUT2D eigenvalue weighted by atomic mass is 16.5. The van der Waals surface area contributed by atoms with E-state index in [2.05, 4.69) is 31.0 Å². The summed E-state index contributed by atoms with van der Waals surface area (Å²) in [4.78, 5) is 2.81. The minimum Gasteiger partial charge on any atom is -0.381 e. The summed E-state index contributed by atoms with van der Waals surface area (Å²) in [6.45, 7) is 9.41. The minimum absolute atomic E-state index is 0.498. The van der Waals surface area contributed by atoms with Crippen molar-refractivity contribution in [3.8, 4) is 0 Å². The molecule has 1 aliphatic carbocycles. The Kier molecular flexibility index (Phi) is 5.67. The second-order valence-corrected chi connectivity index (χ2v) is 6.73. The molecule has 3 nitrogen and oxygen atoms in total. The molecule has 1 heterocycles. The van der Waals surface area contributed by atoms with Gasteiger partial charge in [-0.1, -0.05) is 27.2 Å².